The summed E-state index contributed by atoms with van der Waals surface area (Å²) in [7, 11) is 0. The van der Waals surface area contributed by atoms with Crippen molar-refractivity contribution in [3.05, 3.63) is 94.6 Å². The zero-order valence-electron chi connectivity index (χ0n) is 23.8. The summed E-state index contributed by atoms with van der Waals surface area (Å²) in [4.78, 5) is 47.6. The van der Waals surface area contributed by atoms with E-state index >= 15 is 0 Å². The van der Waals surface area contributed by atoms with Crippen LogP contribution in [0.5, 0.6) is 5.75 Å². The maximum absolute atomic E-state index is 13.1. The fourth-order valence-corrected chi connectivity index (χ4v) is 5.41. The standard InChI is InChI=1S/C32H32BrN5O6/c33-24-12-13-25-28(29(24)44-20-21-8-3-1-4-9-21)37-27(19-35-25)36-23-14-16-38(32(41)42)26(18-23)30(39)34-15-7-17-43-31(40)22-10-5-2-6-11-22/h1-6,8-13,19,23,26H,7,14-18,20H2,(H,34,39)(H,36,37)(H,41,42)/t23?,26-/m0/s1. The first-order valence-corrected chi connectivity index (χ1v) is 15.1. The Balaban J connectivity index is 1.19. The molecule has 0 aliphatic carbocycles. The lowest BCUT2D eigenvalue weighted by Gasteiger charge is -2.37. The first-order chi connectivity index (χ1) is 21.4. The lowest BCUT2D eigenvalue weighted by atomic mass is 9.96. The van der Waals surface area contributed by atoms with Crippen molar-refractivity contribution >= 4 is 50.8 Å². The summed E-state index contributed by atoms with van der Waals surface area (Å²) >= 11 is 3.56. The number of carboxylic acid groups (broad SMARTS) is 1. The van der Waals surface area contributed by atoms with Crippen LogP contribution in [0.4, 0.5) is 10.6 Å². The summed E-state index contributed by atoms with van der Waals surface area (Å²) in [6.45, 7) is 0.897. The van der Waals surface area contributed by atoms with E-state index in [1.165, 1.54) is 0 Å². The lowest BCUT2D eigenvalue weighted by Crippen LogP contribution is -2.55. The molecule has 5 rings (SSSR count). The van der Waals surface area contributed by atoms with Crippen molar-refractivity contribution in [1.82, 2.24) is 20.2 Å². The third-order valence-electron chi connectivity index (χ3n) is 7.21. The Morgan fingerprint density at radius 1 is 1.02 bits per heavy atom. The fraction of sp³-hybridized carbons (Fsp3) is 0.281. The number of rotatable bonds is 11. The Bertz CT molecular complexity index is 1610. The number of aromatic nitrogens is 2. The number of esters is 1. The van der Waals surface area contributed by atoms with Crippen LogP contribution in [0.3, 0.4) is 0 Å². The Kier molecular flexibility index (Phi) is 10.2. The molecule has 12 heteroatoms. The number of halogens is 1. The molecule has 11 nitrogen and oxygen atoms in total. The number of carbonyl (C=O) groups is 3. The Hall–Kier alpha value is -4.71. The summed E-state index contributed by atoms with van der Waals surface area (Å²) in [6, 6.07) is 21.1. The van der Waals surface area contributed by atoms with Gasteiger partial charge in [0.1, 0.15) is 24.0 Å². The van der Waals surface area contributed by atoms with E-state index in [1.54, 1.807) is 30.5 Å². The molecule has 1 unspecified atom stereocenters. The quantitative estimate of drug-likeness (QED) is 0.145. The molecule has 2 atom stereocenters. The number of likely N-dealkylation sites (tertiary alicyclic amines) is 1. The van der Waals surface area contributed by atoms with Crippen molar-refractivity contribution in [2.75, 3.05) is 25.0 Å². The average Bonchev–Trinajstić information content (AvgIpc) is 3.04. The summed E-state index contributed by atoms with van der Waals surface area (Å²) in [5.74, 6) is 0.218. The number of nitrogens with one attached hydrogen (secondary N) is 2. The number of ether oxygens (including phenoxy) is 2. The monoisotopic (exact) mass is 661 g/mol. The molecule has 1 aliphatic rings. The molecule has 228 valence electrons. The number of carbonyl (C=O) groups excluding carboxylic acids is 2. The van der Waals surface area contributed by atoms with Crippen LogP contribution >= 0.6 is 15.9 Å². The second kappa shape index (κ2) is 14.6. The largest absolute Gasteiger partial charge is 0.485 e. The van der Waals surface area contributed by atoms with Crippen LogP contribution in [0.25, 0.3) is 11.0 Å². The van der Waals surface area contributed by atoms with Crippen molar-refractivity contribution in [2.45, 2.75) is 38.0 Å². The molecule has 4 aromatic rings. The fourth-order valence-electron chi connectivity index (χ4n) is 4.97. The third kappa shape index (κ3) is 7.81. The molecule has 0 spiro atoms. The molecule has 2 amide bonds. The number of amides is 2. The lowest BCUT2D eigenvalue weighted by molar-refractivity contribution is -0.127. The predicted octanol–water partition coefficient (Wildman–Crippen LogP) is 5.26. The molecular weight excluding hydrogens is 630 g/mol. The van der Waals surface area contributed by atoms with E-state index in [1.807, 2.05) is 48.5 Å². The van der Waals surface area contributed by atoms with E-state index in [0.29, 0.717) is 47.6 Å². The molecule has 1 fully saturated rings. The van der Waals surface area contributed by atoms with Crippen LogP contribution in [0.15, 0.2) is 83.5 Å². The Morgan fingerprint density at radius 3 is 2.52 bits per heavy atom. The molecule has 44 heavy (non-hydrogen) atoms. The van der Waals surface area contributed by atoms with Crippen LogP contribution in [0.1, 0.15) is 35.2 Å². The predicted molar refractivity (Wildman–Crippen MR) is 168 cm³/mol. The van der Waals surface area contributed by atoms with Gasteiger partial charge in [0.2, 0.25) is 5.91 Å². The van der Waals surface area contributed by atoms with Crippen LogP contribution < -0.4 is 15.4 Å². The van der Waals surface area contributed by atoms with Crippen molar-refractivity contribution in [3.63, 3.8) is 0 Å². The number of piperidine rings is 1. The maximum Gasteiger partial charge on any atom is 0.407 e. The van der Waals surface area contributed by atoms with Gasteiger partial charge >= 0.3 is 12.1 Å². The number of anilines is 1. The summed E-state index contributed by atoms with van der Waals surface area (Å²) in [5.41, 5.74) is 2.70. The minimum atomic E-state index is -1.16. The van der Waals surface area contributed by atoms with Gasteiger partial charge in [-0.25, -0.2) is 14.6 Å². The summed E-state index contributed by atoms with van der Waals surface area (Å²) in [6.07, 6.45) is 1.59. The minimum absolute atomic E-state index is 0.124. The first kappa shape index (κ1) is 30.7. The van der Waals surface area contributed by atoms with Crippen LogP contribution in [0.2, 0.25) is 0 Å². The maximum atomic E-state index is 13.1. The van der Waals surface area contributed by atoms with Gasteiger partial charge in [-0.05, 0) is 65.0 Å². The van der Waals surface area contributed by atoms with Crippen molar-refractivity contribution < 1.29 is 29.0 Å². The zero-order chi connectivity index (χ0) is 30.9. The zero-order valence-corrected chi connectivity index (χ0v) is 25.4. The highest BCUT2D eigenvalue weighted by atomic mass is 79.9. The molecule has 0 bridgehead atoms. The summed E-state index contributed by atoms with van der Waals surface area (Å²) in [5, 5.41) is 15.9. The van der Waals surface area contributed by atoms with Gasteiger partial charge in [0, 0.05) is 19.1 Å². The normalized spacial score (nSPS) is 16.2. The molecule has 2 heterocycles. The highest BCUT2D eigenvalue weighted by Crippen LogP contribution is 2.33. The minimum Gasteiger partial charge on any atom is -0.485 e. The van der Waals surface area contributed by atoms with Gasteiger partial charge < -0.3 is 25.2 Å². The third-order valence-corrected chi connectivity index (χ3v) is 7.84. The van der Waals surface area contributed by atoms with Gasteiger partial charge in [0.05, 0.1) is 28.4 Å². The molecule has 3 aromatic carbocycles. The Labute approximate surface area is 262 Å². The Morgan fingerprint density at radius 2 is 1.77 bits per heavy atom. The number of fused-ring (bicyclic) bond motifs is 1. The van der Waals surface area contributed by atoms with Gasteiger partial charge in [0.15, 0.2) is 5.75 Å². The van der Waals surface area contributed by atoms with Crippen molar-refractivity contribution in [2.24, 2.45) is 0 Å². The highest BCUT2D eigenvalue weighted by Gasteiger charge is 2.36. The number of hydrogen-bond donors (Lipinski definition) is 3. The first-order valence-electron chi connectivity index (χ1n) is 14.3. The van der Waals surface area contributed by atoms with E-state index in [2.05, 4.69) is 31.5 Å². The smallest absolute Gasteiger partial charge is 0.407 e. The number of benzene rings is 3. The second-order valence-electron chi connectivity index (χ2n) is 10.3. The topological polar surface area (TPSA) is 143 Å². The number of hydrogen-bond acceptors (Lipinski definition) is 8. The SMILES string of the molecule is O=C(OCCCNC(=O)[C@@H]1CC(Nc2cnc3ccc(Br)c(OCc4ccccc4)c3n2)CCN1C(=O)O)c1ccccc1. The molecule has 0 radical (unpaired) electrons. The van der Waals surface area contributed by atoms with Crippen molar-refractivity contribution in [3.8, 4) is 5.75 Å². The summed E-state index contributed by atoms with van der Waals surface area (Å²) < 4.78 is 12.1. The molecule has 1 aliphatic heterocycles. The van der Waals surface area contributed by atoms with E-state index < -0.39 is 24.0 Å². The van der Waals surface area contributed by atoms with E-state index in [4.69, 9.17) is 14.5 Å². The van der Waals surface area contributed by atoms with Crippen LogP contribution in [0, 0.1) is 0 Å². The molecule has 1 saturated heterocycles. The number of nitrogens with zero attached hydrogens (tertiary/aromatic N) is 3. The molecule has 3 N–H and O–H groups in total. The van der Waals surface area contributed by atoms with E-state index in [9.17, 15) is 19.5 Å². The van der Waals surface area contributed by atoms with Gasteiger partial charge in [-0.3, -0.25) is 14.7 Å². The van der Waals surface area contributed by atoms with Gasteiger partial charge in [-0.1, -0.05) is 48.5 Å². The van der Waals surface area contributed by atoms with Crippen LogP contribution in [-0.2, 0) is 16.1 Å². The molecule has 0 saturated carbocycles. The van der Waals surface area contributed by atoms with Gasteiger partial charge in [0.25, 0.3) is 0 Å². The van der Waals surface area contributed by atoms with Gasteiger partial charge in [-0.15, -0.1) is 0 Å². The highest BCUT2D eigenvalue weighted by molar-refractivity contribution is 9.10. The van der Waals surface area contributed by atoms with E-state index in [0.717, 1.165) is 14.9 Å². The van der Waals surface area contributed by atoms with Crippen molar-refractivity contribution in [1.29, 1.82) is 0 Å². The second-order valence-corrected chi connectivity index (χ2v) is 11.1. The molecular formula is C32H32BrN5O6. The average molecular weight is 663 g/mol. The van der Waals surface area contributed by atoms with Crippen LogP contribution in [-0.4, -0.2) is 69.7 Å². The van der Waals surface area contributed by atoms with Gasteiger partial charge in [-0.2, -0.15) is 0 Å². The van der Waals surface area contributed by atoms with E-state index in [-0.39, 0.29) is 32.2 Å². The molecule has 1 aromatic heterocycles.